The van der Waals surface area contributed by atoms with E-state index in [0.717, 1.165) is 43.3 Å². The van der Waals surface area contributed by atoms with Crippen LogP contribution in [0.4, 0.5) is 4.39 Å². The molecule has 5 aromatic rings. The van der Waals surface area contributed by atoms with Crippen LogP contribution in [0.15, 0.2) is 88.8 Å². The average Bonchev–Trinajstić information content (AvgIpc) is 3.32. The van der Waals surface area contributed by atoms with Crippen LogP contribution in [0.3, 0.4) is 0 Å². The zero-order chi connectivity index (χ0) is 26.1. The number of amides is 1. The summed E-state index contributed by atoms with van der Waals surface area (Å²) in [7, 11) is 0. The summed E-state index contributed by atoms with van der Waals surface area (Å²) < 4.78 is 15.1. The molecule has 0 aliphatic carbocycles. The van der Waals surface area contributed by atoms with E-state index in [4.69, 9.17) is 4.98 Å². The summed E-state index contributed by atoms with van der Waals surface area (Å²) in [5, 5.41) is 1.26. The van der Waals surface area contributed by atoms with Gasteiger partial charge in [0.05, 0.1) is 11.4 Å². The second-order valence-electron chi connectivity index (χ2n) is 9.71. The Morgan fingerprint density at radius 3 is 2.45 bits per heavy atom. The molecule has 1 N–H and O–H groups in total. The third-order valence-corrected chi connectivity index (χ3v) is 8.16. The molecule has 2 aromatic heterocycles. The molecule has 6 nitrogen and oxygen atoms in total. The highest BCUT2D eigenvalue weighted by molar-refractivity contribution is 7.99. The van der Waals surface area contributed by atoms with Crippen molar-refractivity contribution in [2.45, 2.75) is 24.4 Å². The number of aromatic amines is 1. The van der Waals surface area contributed by atoms with Gasteiger partial charge in [-0.15, -0.1) is 0 Å². The second kappa shape index (κ2) is 10.5. The van der Waals surface area contributed by atoms with Gasteiger partial charge in [0, 0.05) is 24.0 Å². The Kier molecular flexibility index (Phi) is 6.72. The van der Waals surface area contributed by atoms with Gasteiger partial charge in [0.2, 0.25) is 5.91 Å². The van der Waals surface area contributed by atoms with Gasteiger partial charge in [-0.2, -0.15) is 0 Å². The summed E-state index contributed by atoms with van der Waals surface area (Å²) in [6, 6.07) is 23.8. The third kappa shape index (κ3) is 4.84. The van der Waals surface area contributed by atoms with Crippen molar-refractivity contribution >= 4 is 39.6 Å². The number of thioether (sulfide) groups is 1. The number of nitrogens with zero attached hydrogens (tertiary/aromatic N) is 3. The van der Waals surface area contributed by atoms with E-state index in [1.165, 1.54) is 34.0 Å². The minimum absolute atomic E-state index is 0.0343. The molecular formula is C30H27FN4O2S. The lowest BCUT2D eigenvalue weighted by atomic mass is 9.90. The zero-order valence-electron chi connectivity index (χ0n) is 20.8. The van der Waals surface area contributed by atoms with E-state index in [1.54, 1.807) is 12.1 Å². The van der Waals surface area contributed by atoms with Crippen LogP contribution < -0.4 is 5.56 Å². The molecule has 1 fully saturated rings. The van der Waals surface area contributed by atoms with Crippen LogP contribution in [0.5, 0.6) is 0 Å². The standard InChI is InChI=1S/C30H27FN4O2S/c31-22-10-12-23(13-11-22)35-29(37)28-27(24-8-4-5-9-25(24)32-28)33-30(35)38-19-26(36)34-16-14-21(15-17-34)18-20-6-2-1-3-7-20/h1-13,21,32H,14-19H2. The van der Waals surface area contributed by atoms with E-state index in [-0.39, 0.29) is 23.0 Å². The maximum absolute atomic E-state index is 13.6. The van der Waals surface area contributed by atoms with Crippen molar-refractivity contribution < 1.29 is 9.18 Å². The molecule has 1 saturated heterocycles. The van der Waals surface area contributed by atoms with E-state index in [9.17, 15) is 14.0 Å². The molecule has 1 aliphatic heterocycles. The molecule has 0 unspecified atom stereocenters. The van der Waals surface area contributed by atoms with Crippen molar-refractivity contribution in [3.05, 3.63) is 101 Å². The van der Waals surface area contributed by atoms with Crippen LogP contribution in [0.2, 0.25) is 0 Å². The molecule has 192 valence electrons. The molecule has 0 bridgehead atoms. The number of halogens is 1. The SMILES string of the molecule is O=C(CSc1nc2c([nH]c3ccccc32)c(=O)n1-c1ccc(F)cc1)N1CCC(Cc2ccccc2)CC1. The van der Waals surface area contributed by atoms with E-state index >= 15 is 0 Å². The first-order valence-electron chi connectivity index (χ1n) is 12.8. The zero-order valence-corrected chi connectivity index (χ0v) is 21.6. The molecular weight excluding hydrogens is 499 g/mol. The molecule has 3 aromatic carbocycles. The van der Waals surface area contributed by atoms with Gasteiger partial charge in [0.25, 0.3) is 5.56 Å². The maximum atomic E-state index is 13.6. The molecule has 0 spiro atoms. The van der Waals surface area contributed by atoms with Crippen molar-refractivity contribution in [3.8, 4) is 5.69 Å². The minimum atomic E-state index is -0.388. The Bertz CT molecular complexity index is 1660. The van der Waals surface area contributed by atoms with E-state index in [2.05, 4.69) is 29.2 Å². The van der Waals surface area contributed by atoms with Gasteiger partial charge in [-0.25, -0.2) is 9.37 Å². The topological polar surface area (TPSA) is 71.0 Å². The lowest BCUT2D eigenvalue weighted by Crippen LogP contribution is -2.40. The smallest absolute Gasteiger partial charge is 0.283 e. The van der Waals surface area contributed by atoms with Crippen LogP contribution in [-0.2, 0) is 11.2 Å². The Labute approximate surface area is 223 Å². The van der Waals surface area contributed by atoms with Crippen LogP contribution in [0.1, 0.15) is 18.4 Å². The number of nitrogens with one attached hydrogen (secondary N) is 1. The summed E-state index contributed by atoms with van der Waals surface area (Å²) in [5.74, 6) is 0.391. The molecule has 1 aliphatic rings. The lowest BCUT2D eigenvalue weighted by molar-refractivity contribution is -0.129. The molecule has 0 radical (unpaired) electrons. The molecule has 0 atom stereocenters. The first kappa shape index (κ1) is 24.4. The molecule has 38 heavy (non-hydrogen) atoms. The number of benzene rings is 3. The van der Waals surface area contributed by atoms with Gasteiger partial charge in [-0.3, -0.25) is 14.2 Å². The summed E-state index contributed by atoms with van der Waals surface area (Å²) in [4.78, 5) is 36.7. The predicted molar refractivity (Wildman–Crippen MR) is 149 cm³/mol. The molecule has 0 saturated carbocycles. The number of carbonyl (C=O) groups is 1. The van der Waals surface area contributed by atoms with Crippen molar-refractivity contribution in [1.82, 2.24) is 19.4 Å². The monoisotopic (exact) mass is 526 g/mol. The van der Waals surface area contributed by atoms with Gasteiger partial charge in [0.15, 0.2) is 5.16 Å². The minimum Gasteiger partial charge on any atom is -0.349 e. The molecule has 3 heterocycles. The summed E-state index contributed by atoms with van der Waals surface area (Å²) in [6.07, 6.45) is 2.99. The predicted octanol–water partition coefficient (Wildman–Crippen LogP) is 5.58. The number of hydrogen-bond acceptors (Lipinski definition) is 4. The Morgan fingerprint density at radius 1 is 0.974 bits per heavy atom. The lowest BCUT2D eigenvalue weighted by Gasteiger charge is -2.32. The highest BCUT2D eigenvalue weighted by Gasteiger charge is 2.24. The quantitative estimate of drug-likeness (QED) is 0.232. The van der Waals surface area contributed by atoms with Crippen molar-refractivity contribution in [1.29, 1.82) is 0 Å². The molecule has 1 amide bonds. The summed E-state index contributed by atoms with van der Waals surface area (Å²) >= 11 is 1.25. The largest absolute Gasteiger partial charge is 0.349 e. The second-order valence-corrected chi connectivity index (χ2v) is 10.7. The van der Waals surface area contributed by atoms with Crippen LogP contribution >= 0.6 is 11.8 Å². The van der Waals surface area contributed by atoms with Crippen molar-refractivity contribution in [2.75, 3.05) is 18.8 Å². The van der Waals surface area contributed by atoms with Crippen molar-refractivity contribution in [2.24, 2.45) is 5.92 Å². The fraction of sp³-hybridized carbons (Fsp3) is 0.233. The van der Waals surface area contributed by atoms with E-state index in [1.807, 2.05) is 35.2 Å². The van der Waals surface area contributed by atoms with Crippen LogP contribution in [0.25, 0.3) is 27.6 Å². The number of likely N-dealkylation sites (tertiary alicyclic amines) is 1. The Balaban J connectivity index is 1.23. The fourth-order valence-electron chi connectivity index (χ4n) is 5.21. The number of para-hydroxylation sites is 1. The first-order chi connectivity index (χ1) is 18.6. The van der Waals surface area contributed by atoms with Gasteiger partial charge in [-0.05, 0) is 61.1 Å². The number of fused-ring (bicyclic) bond motifs is 3. The molecule has 8 heteroatoms. The normalized spacial score (nSPS) is 14.4. The number of H-pyrrole nitrogens is 1. The number of piperidine rings is 1. The number of aromatic nitrogens is 3. The number of rotatable bonds is 6. The number of carbonyl (C=O) groups excluding carboxylic acids is 1. The van der Waals surface area contributed by atoms with Crippen LogP contribution in [-0.4, -0.2) is 44.2 Å². The van der Waals surface area contributed by atoms with E-state index in [0.29, 0.717) is 27.8 Å². The summed E-state index contributed by atoms with van der Waals surface area (Å²) in [6.45, 7) is 1.47. The van der Waals surface area contributed by atoms with Gasteiger partial charge in [0.1, 0.15) is 16.9 Å². The maximum Gasteiger partial charge on any atom is 0.283 e. The van der Waals surface area contributed by atoms with Gasteiger partial charge < -0.3 is 9.88 Å². The summed E-state index contributed by atoms with van der Waals surface area (Å²) in [5.41, 5.74) is 3.32. The highest BCUT2D eigenvalue weighted by atomic mass is 32.2. The Morgan fingerprint density at radius 2 is 1.68 bits per heavy atom. The number of hydrogen-bond donors (Lipinski definition) is 1. The van der Waals surface area contributed by atoms with Crippen LogP contribution in [0, 0.1) is 11.7 Å². The van der Waals surface area contributed by atoms with Gasteiger partial charge in [-0.1, -0.05) is 60.3 Å². The fourth-order valence-corrected chi connectivity index (χ4v) is 6.12. The first-order valence-corrected chi connectivity index (χ1v) is 13.8. The highest BCUT2D eigenvalue weighted by Crippen LogP contribution is 2.27. The van der Waals surface area contributed by atoms with E-state index < -0.39 is 0 Å². The van der Waals surface area contributed by atoms with Gasteiger partial charge >= 0.3 is 0 Å². The van der Waals surface area contributed by atoms with Crippen molar-refractivity contribution in [3.63, 3.8) is 0 Å². The average molecular weight is 527 g/mol. The Hall–Kier alpha value is -3.91. The molecule has 6 rings (SSSR count). The third-order valence-electron chi connectivity index (χ3n) is 7.24.